The number of ketones is 1. The second-order valence-corrected chi connectivity index (χ2v) is 4.34. The fourth-order valence-electron chi connectivity index (χ4n) is 1.61. The molecule has 0 aliphatic carbocycles. The highest BCUT2D eigenvalue weighted by Crippen LogP contribution is 2.23. The van der Waals surface area contributed by atoms with Crippen molar-refractivity contribution in [3.8, 4) is 5.75 Å². The molecular formula is C14H17NO6. The van der Waals surface area contributed by atoms with Gasteiger partial charge in [-0.05, 0) is 25.5 Å². The van der Waals surface area contributed by atoms with Crippen molar-refractivity contribution < 1.29 is 24.0 Å². The molecule has 0 amide bonds. The first-order valence-electron chi connectivity index (χ1n) is 6.49. The average molecular weight is 295 g/mol. The fraction of sp³-hybridized carbons (Fsp3) is 0.429. The number of ether oxygens (including phenoxy) is 2. The lowest BCUT2D eigenvalue weighted by molar-refractivity contribution is -0.384. The van der Waals surface area contributed by atoms with E-state index >= 15 is 0 Å². The van der Waals surface area contributed by atoms with Gasteiger partial charge in [0.25, 0.3) is 5.69 Å². The molecule has 1 aromatic carbocycles. The van der Waals surface area contributed by atoms with Crippen molar-refractivity contribution in [2.75, 3.05) is 13.2 Å². The van der Waals surface area contributed by atoms with Crippen molar-refractivity contribution in [3.63, 3.8) is 0 Å². The Labute approximate surface area is 122 Å². The number of benzene rings is 1. The van der Waals surface area contributed by atoms with Gasteiger partial charge >= 0.3 is 5.97 Å². The summed E-state index contributed by atoms with van der Waals surface area (Å²) in [5.74, 6) is -0.247. The summed E-state index contributed by atoms with van der Waals surface area (Å²) in [6.45, 7) is 3.45. The molecule has 7 nitrogen and oxygen atoms in total. The largest absolute Gasteiger partial charge is 0.486 e. The molecule has 0 fully saturated rings. The number of nitrogens with zero attached hydrogens (tertiary/aromatic N) is 1. The zero-order valence-corrected chi connectivity index (χ0v) is 12.0. The van der Waals surface area contributed by atoms with E-state index in [1.54, 1.807) is 13.8 Å². The molecule has 0 aliphatic rings. The molecule has 0 heterocycles. The van der Waals surface area contributed by atoms with E-state index < -0.39 is 10.9 Å². The standard InChI is InChI=1S/C14H17NO6/c1-3-20-14(17)7-5-12(16)9-21-13-6-4-11(15(18)19)8-10(13)2/h4,6,8H,3,5,7,9H2,1-2H3. The van der Waals surface area contributed by atoms with E-state index in [9.17, 15) is 19.7 Å². The van der Waals surface area contributed by atoms with E-state index in [1.807, 2.05) is 0 Å². The predicted octanol–water partition coefficient (Wildman–Crippen LogP) is 2.19. The molecular weight excluding hydrogens is 278 g/mol. The minimum atomic E-state index is -0.499. The fourth-order valence-corrected chi connectivity index (χ4v) is 1.61. The van der Waals surface area contributed by atoms with Crippen LogP contribution in [0.1, 0.15) is 25.3 Å². The maximum absolute atomic E-state index is 11.6. The molecule has 0 saturated heterocycles. The zero-order chi connectivity index (χ0) is 15.8. The third kappa shape index (κ3) is 5.60. The Hall–Kier alpha value is -2.44. The number of nitro benzene ring substituents is 1. The molecule has 0 N–H and O–H groups in total. The van der Waals surface area contributed by atoms with Crippen LogP contribution in [0.2, 0.25) is 0 Å². The van der Waals surface area contributed by atoms with Crippen LogP contribution in [-0.4, -0.2) is 29.9 Å². The molecule has 0 spiro atoms. The Bertz CT molecular complexity index is 540. The van der Waals surface area contributed by atoms with Crippen molar-refractivity contribution in [1.82, 2.24) is 0 Å². The number of Topliss-reactive ketones (excluding diaryl/α,β-unsaturated/α-hetero) is 1. The first-order valence-corrected chi connectivity index (χ1v) is 6.49. The smallest absolute Gasteiger partial charge is 0.306 e. The average Bonchev–Trinajstić information content (AvgIpc) is 2.44. The summed E-state index contributed by atoms with van der Waals surface area (Å²) in [6.07, 6.45) is 0.0696. The number of aryl methyl sites for hydroxylation is 1. The van der Waals surface area contributed by atoms with Gasteiger partial charge in [0.1, 0.15) is 12.4 Å². The summed E-state index contributed by atoms with van der Waals surface area (Å²) in [5, 5.41) is 10.6. The molecule has 0 atom stereocenters. The summed E-state index contributed by atoms with van der Waals surface area (Å²) in [5.41, 5.74) is 0.538. The number of hydrogen-bond acceptors (Lipinski definition) is 6. The van der Waals surface area contributed by atoms with Crippen molar-refractivity contribution >= 4 is 17.4 Å². The molecule has 1 rings (SSSR count). The lowest BCUT2D eigenvalue weighted by atomic mass is 10.2. The Kier molecular flexibility index (Phi) is 6.32. The minimum Gasteiger partial charge on any atom is -0.486 e. The zero-order valence-electron chi connectivity index (χ0n) is 12.0. The number of esters is 1. The van der Waals surface area contributed by atoms with Crippen molar-refractivity contribution in [2.45, 2.75) is 26.7 Å². The third-order valence-electron chi connectivity index (χ3n) is 2.67. The minimum absolute atomic E-state index is 0.0231. The van der Waals surface area contributed by atoms with Gasteiger partial charge in [0.2, 0.25) is 0 Å². The molecule has 0 bridgehead atoms. The van der Waals surface area contributed by atoms with Crippen LogP contribution < -0.4 is 4.74 Å². The summed E-state index contributed by atoms with van der Waals surface area (Å²) in [7, 11) is 0. The molecule has 7 heteroatoms. The number of nitro groups is 1. The van der Waals surface area contributed by atoms with E-state index in [0.29, 0.717) is 11.3 Å². The van der Waals surface area contributed by atoms with Crippen LogP contribution in [0.25, 0.3) is 0 Å². The van der Waals surface area contributed by atoms with E-state index in [-0.39, 0.29) is 37.5 Å². The molecule has 0 unspecified atom stereocenters. The van der Waals surface area contributed by atoms with Crippen LogP contribution in [0.5, 0.6) is 5.75 Å². The molecule has 21 heavy (non-hydrogen) atoms. The van der Waals surface area contributed by atoms with E-state index in [2.05, 4.69) is 0 Å². The van der Waals surface area contributed by atoms with Gasteiger partial charge in [-0.3, -0.25) is 19.7 Å². The topological polar surface area (TPSA) is 95.7 Å². The van der Waals surface area contributed by atoms with Gasteiger partial charge in [-0.1, -0.05) is 0 Å². The summed E-state index contributed by atoms with van der Waals surface area (Å²) < 4.78 is 10.0. The van der Waals surface area contributed by atoms with Crippen molar-refractivity contribution in [2.24, 2.45) is 0 Å². The molecule has 0 radical (unpaired) electrons. The van der Waals surface area contributed by atoms with E-state index in [0.717, 1.165) is 0 Å². The summed E-state index contributed by atoms with van der Waals surface area (Å²) >= 11 is 0. The normalized spacial score (nSPS) is 10.0. The lowest BCUT2D eigenvalue weighted by Gasteiger charge is -2.08. The van der Waals surface area contributed by atoms with Gasteiger partial charge in [0.15, 0.2) is 5.78 Å². The second kappa shape index (κ2) is 7.98. The highest BCUT2D eigenvalue weighted by atomic mass is 16.6. The second-order valence-electron chi connectivity index (χ2n) is 4.34. The maximum Gasteiger partial charge on any atom is 0.306 e. The monoisotopic (exact) mass is 295 g/mol. The van der Waals surface area contributed by atoms with Gasteiger partial charge in [-0.25, -0.2) is 0 Å². The molecule has 0 saturated carbocycles. The van der Waals surface area contributed by atoms with Gasteiger partial charge < -0.3 is 9.47 Å². The van der Waals surface area contributed by atoms with E-state index in [4.69, 9.17) is 9.47 Å². The van der Waals surface area contributed by atoms with Gasteiger partial charge in [-0.2, -0.15) is 0 Å². The van der Waals surface area contributed by atoms with Gasteiger partial charge in [0, 0.05) is 18.6 Å². The lowest BCUT2D eigenvalue weighted by Crippen LogP contribution is -2.14. The Morgan fingerprint density at radius 2 is 2.00 bits per heavy atom. The number of hydrogen-bond donors (Lipinski definition) is 0. The molecule has 114 valence electrons. The molecule has 0 aliphatic heterocycles. The first-order chi connectivity index (χ1) is 9.93. The number of rotatable bonds is 8. The maximum atomic E-state index is 11.6. The highest BCUT2D eigenvalue weighted by Gasteiger charge is 2.11. The van der Waals surface area contributed by atoms with Crippen molar-refractivity contribution in [3.05, 3.63) is 33.9 Å². The number of carbonyl (C=O) groups is 2. The number of non-ortho nitro benzene ring substituents is 1. The van der Waals surface area contributed by atoms with Crippen LogP contribution in [0.4, 0.5) is 5.69 Å². The quantitative estimate of drug-likeness (QED) is 0.414. The van der Waals surface area contributed by atoms with Crippen LogP contribution in [-0.2, 0) is 14.3 Å². The molecule has 1 aromatic rings. The number of carbonyl (C=O) groups excluding carboxylic acids is 2. The summed E-state index contributed by atoms with van der Waals surface area (Å²) in [6, 6.07) is 4.13. The third-order valence-corrected chi connectivity index (χ3v) is 2.67. The summed E-state index contributed by atoms with van der Waals surface area (Å²) in [4.78, 5) is 32.8. The van der Waals surface area contributed by atoms with E-state index in [1.165, 1.54) is 18.2 Å². The van der Waals surface area contributed by atoms with Crippen LogP contribution >= 0.6 is 0 Å². The van der Waals surface area contributed by atoms with Gasteiger partial charge in [0.05, 0.1) is 18.0 Å². The van der Waals surface area contributed by atoms with Crippen LogP contribution in [0, 0.1) is 17.0 Å². The Morgan fingerprint density at radius 1 is 1.29 bits per heavy atom. The Balaban J connectivity index is 2.46. The predicted molar refractivity (Wildman–Crippen MR) is 74.2 cm³/mol. The first kappa shape index (κ1) is 16.6. The molecule has 0 aromatic heterocycles. The SMILES string of the molecule is CCOC(=O)CCC(=O)COc1ccc([N+](=O)[O-])cc1C. The van der Waals surface area contributed by atoms with Gasteiger partial charge in [-0.15, -0.1) is 0 Å². The Morgan fingerprint density at radius 3 is 2.57 bits per heavy atom. The highest BCUT2D eigenvalue weighted by molar-refractivity contribution is 5.84. The van der Waals surface area contributed by atoms with Crippen LogP contribution in [0.15, 0.2) is 18.2 Å². The van der Waals surface area contributed by atoms with Crippen molar-refractivity contribution in [1.29, 1.82) is 0 Å². The van der Waals surface area contributed by atoms with Crippen LogP contribution in [0.3, 0.4) is 0 Å².